The molecule has 1 aliphatic rings. The SMILES string of the molecule is CCOC(=O)C1CCN(c2nc(NCc3ccc(OC)c(Cl)c3)c3cc(Cl)ccc3n2)CC1. The maximum absolute atomic E-state index is 12.1. The lowest BCUT2D eigenvalue weighted by atomic mass is 9.97. The Morgan fingerprint density at radius 3 is 2.64 bits per heavy atom. The van der Waals surface area contributed by atoms with Crippen LogP contribution in [0.3, 0.4) is 0 Å². The van der Waals surface area contributed by atoms with Crippen LogP contribution in [0.5, 0.6) is 5.75 Å². The first kappa shape index (κ1) is 23.4. The van der Waals surface area contributed by atoms with Crippen LogP contribution < -0.4 is 15.0 Å². The molecule has 9 heteroatoms. The molecule has 7 nitrogen and oxygen atoms in total. The number of nitrogens with zero attached hydrogens (tertiary/aromatic N) is 3. The predicted molar refractivity (Wildman–Crippen MR) is 131 cm³/mol. The summed E-state index contributed by atoms with van der Waals surface area (Å²) in [6.07, 6.45) is 1.43. The van der Waals surface area contributed by atoms with Crippen LogP contribution in [-0.4, -0.2) is 42.7 Å². The lowest BCUT2D eigenvalue weighted by Crippen LogP contribution is -2.38. The van der Waals surface area contributed by atoms with Gasteiger partial charge in [0.25, 0.3) is 0 Å². The number of carbonyl (C=O) groups is 1. The average molecular weight is 489 g/mol. The summed E-state index contributed by atoms with van der Waals surface area (Å²) < 4.78 is 10.4. The van der Waals surface area contributed by atoms with E-state index in [1.807, 2.05) is 43.3 Å². The summed E-state index contributed by atoms with van der Waals surface area (Å²) in [5.74, 6) is 1.76. The minimum absolute atomic E-state index is 0.0714. The molecule has 1 aromatic heterocycles. The van der Waals surface area contributed by atoms with Gasteiger partial charge in [0.2, 0.25) is 5.95 Å². The number of benzene rings is 2. The van der Waals surface area contributed by atoms with Crippen LogP contribution in [0.25, 0.3) is 10.9 Å². The van der Waals surface area contributed by atoms with Gasteiger partial charge in [-0.25, -0.2) is 4.98 Å². The Balaban J connectivity index is 1.56. The molecule has 3 aromatic rings. The number of fused-ring (bicyclic) bond motifs is 1. The molecule has 0 spiro atoms. The summed E-state index contributed by atoms with van der Waals surface area (Å²) >= 11 is 12.5. The van der Waals surface area contributed by atoms with E-state index in [4.69, 9.17) is 42.6 Å². The highest BCUT2D eigenvalue weighted by Crippen LogP contribution is 2.30. The Bertz CT molecular complexity index is 1150. The van der Waals surface area contributed by atoms with Gasteiger partial charge in [0, 0.05) is 30.0 Å². The third-order valence-corrected chi connectivity index (χ3v) is 6.25. The molecule has 1 saturated heterocycles. The number of methoxy groups -OCH3 is 1. The van der Waals surface area contributed by atoms with Crippen molar-refractivity contribution in [2.75, 3.05) is 37.0 Å². The fourth-order valence-electron chi connectivity index (χ4n) is 3.95. The molecular formula is C24H26Cl2N4O3. The van der Waals surface area contributed by atoms with E-state index in [2.05, 4.69) is 10.2 Å². The summed E-state index contributed by atoms with van der Waals surface area (Å²) in [7, 11) is 1.59. The van der Waals surface area contributed by atoms with Crippen molar-refractivity contribution in [3.63, 3.8) is 0 Å². The van der Waals surface area contributed by atoms with E-state index < -0.39 is 0 Å². The van der Waals surface area contributed by atoms with E-state index in [1.165, 1.54) is 0 Å². The number of nitrogens with one attached hydrogen (secondary N) is 1. The lowest BCUT2D eigenvalue weighted by molar-refractivity contribution is -0.148. The minimum Gasteiger partial charge on any atom is -0.495 e. The fraction of sp³-hybridized carbons (Fsp3) is 0.375. The molecule has 0 aliphatic carbocycles. The summed E-state index contributed by atoms with van der Waals surface area (Å²) in [5, 5.41) is 5.42. The number of esters is 1. The van der Waals surface area contributed by atoms with Crippen molar-refractivity contribution in [1.82, 2.24) is 9.97 Å². The van der Waals surface area contributed by atoms with E-state index >= 15 is 0 Å². The van der Waals surface area contributed by atoms with Crippen molar-refractivity contribution < 1.29 is 14.3 Å². The second-order valence-electron chi connectivity index (χ2n) is 7.87. The molecule has 33 heavy (non-hydrogen) atoms. The van der Waals surface area contributed by atoms with E-state index in [0.29, 0.717) is 66.6 Å². The Morgan fingerprint density at radius 1 is 1.15 bits per heavy atom. The van der Waals surface area contributed by atoms with E-state index in [1.54, 1.807) is 7.11 Å². The van der Waals surface area contributed by atoms with Gasteiger partial charge in [0.1, 0.15) is 11.6 Å². The number of piperidine rings is 1. The smallest absolute Gasteiger partial charge is 0.309 e. The highest BCUT2D eigenvalue weighted by molar-refractivity contribution is 6.32. The first-order valence-corrected chi connectivity index (χ1v) is 11.7. The third-order valence-electron chi connectivity index (χ3n) is 5.72. The lowest BCUT2D eigenvalue weighted by Gasteiger charge is -2.31. The van der Waals surface area contributed by atoms with Crippen molar-refractivity contribution in [2.24, 2.45) is 5.92 Å². The summed E-state index contributed by atoms with van der Waals surface area (Å²) in [6, 6.07) is 11.2. The van der Waals surface area contributed by atoms with E-state index in [9.17, 15) is 4.79 Å². The van der Waals surface area contributed by atoms with Gasteiger partial charge in [-0.2, -0.15) is 4.98 Å². The molecule has 0 amide bonds. The molecule has 0 unspecified atom stereocenters. The van der Waals surface area contributed by atoms with Crippen molar-refractivity contribution >= 4 is 51.8 Å². The number of aromatic nitrogens is 2. The quantitative estimate of drug-likeness (QED) is 0.449. The second kappa shape index (κ2) is 10.4. The topological polar surface area (TPSA) is 76.6 Å². The molecule has 1 fully saturated rings. The average Bonchev–Trinajstić information content (AvgIpc) is 2.83. The molecule has 0 atom stereocenters. The normalized spacial score (nSPS) is 14.4. The van der Waals surface area contributed by atoms with Crippen LogP contribution in [0.2, 0.25) is 10.0 Å². The summed E-state index contributed by atoms with van der Waals surface area (Å²) in [5.41, 5.74) is 1.79. The molecule has 174 valence electrons. The van der Waals surface area contributed by atoms with E-state index in [-0.39, 0.29) is 11.9 Å². The molecule has 1 N–H and O–H groups in total. The monoisotopic (exact) mass is 488 g/mol. The highest BCUT2D eigenvalue weighted by Gasteiger charge is 2.27. The Hall–Kier alpha value is -2.77. The Labute approximate surface area is 203 Å². The number of anilines is 2. The molecule has 0 radical (unpaired) electrons. The van der Waals surface area contributed by atoms with Crippen molar-refractivity contribution in [3.05, 3.63) is 52.0 Å². The summed E-state index contributed by atoms with van der Waals surface area (Å²) in [4.78, 5) is 23.8. The molecule has 4 rings (SSSR count). The number of rotatable bonds is 7. The number of hydrogen-bond acceptors (Lipinski definition) is 7. The van der Waals surface area contributed by atoms with Gasteiger partial charge in [-0.3, -0.25) is 4.79 Å². The third kappa shape index (κ3) is 5.42. The molecule has 0 saturated carbocycles. The van der Waals surface area contributed by atoms with Crippen LogP contribution in [0, 0.1) is 5.92 Å². The predicted octanol–water partition coefficient (Wildman–Crippen LogP) is 5.34. The Kier molecular flexibility index (Phi) is 7.40. The fourth-order valence-corrected chi connectivity index (χ4v) is 4.40. The van der Waals surface area contributed by atoms with Gasteiger partial charge < -0.3 is 19.7 Å². The zero-order valence-corrected chi connectivity index (χ0v) is 20.1. The molecular weight excluding hydrogens is 463 g/mol. The maximum atomic E-state index is 12.1. The first-order chi connectivity index (χ1) is 16.0. The maximum Gasteiger partial charge on any atom is 0.309 e. The summed E-state index contributed by atoms with van der Waals surface area (Å²) in [6.45, 7) is 4.14. The van der Waals surface area contributed by atoms with Gasteiger partial charge in [-0.15, -0.1) is 0 Å². The van der Waals surface area contributed by atoms with Crippen LogP contribution in [0.15, 0.2) is 36.4 Å². The van der Waals surface area contributed by atoms with Crippen LogP contribution >= 0.6 is 23.2 Å². The van der Waals surface area contributed by atoms with E-state index in [0.717, 1.165) is 16.5 Å². The van der Waals surface area contributed by atoms with Gasteiger partial charge >= 0.3 is 5.97 Å². The minimum atomic E-state index is -0.119. The standard InChI is InChI=1S/C24H26Cl2N4O3/c1-3-33-23(31)16-8-10-30(11-9-16)24-28-20-6-5-17(25)13-18(20)22(29-24)27-14-15-4-7-21(32-2)19(26)12-15/h4-7,12-13,16H,3,8-11,14H2,1-2H3,(H,27,28,29). The van der Waals surface area contributed by atoms with Gasteiger partial charge in [-0.1, -0.05) is 29.3 Å². The zero-order chi connectivity index (χ0) is 23.4. The number of halogens is 2. The van der Waals surface area contributed by atoms with Gasteiger partial charge in [0.05, 0.1) is 30.2 Å². The van der Waals surface area contributed by atoms with Gasteiger partial charge in [0.15, 0.2) is 0 Å². The molecule has 2 heterocycles. The zero-order valence-electron chi connectivity index (χ0n) is 18.6. The largest absolute Gasteiger partial charge is 0.495 e. The first-order valence-electron chi connectivity index (χ1n) is 10.9. The van der Waals surface area contributed by atoms with Crippen molar-refractivity contribution in [3.8, 4) is 5.75 Å². The molecule has 0 bridgehead atoms. The Morgan fingerprint density at radius 2 is 1.94 bits per heavy atom. The number of ether oxygens (including phenoxy) is 2. The molecule has 2 aromatic carbocycles. The van der Waals surface area contributed by atoms with Gasteiger partial charge in [-0.05, 0) is 55.7 Å². The number of hydrogen-bond donors (Lipinski definition) is 1. The van der Waals surface area contributed by atoms with Crippen LogP contribution in [0.4, 0.5) is 11.8 Å². The highest BCUT2D eigenvalue weighted by atomic mass is 35.5. The van der Waals surface area contributed by atoms with Crippen LogP contribution in [-0.2, 0) is 16.1 Å². The second-order valence-corrected chi connectivity index (χ2v) is 8.71. The molecule has 1 aliphatic heterocycles. The number of carbonyl (C=O) groups excluding carboxylic acids is 1. The van der Waals surface area contributed by atoms with Crippen molar-refractivity contribution in [2.45, 2.75) is 26.3 Å². The van der Waals surface area contributed by atoms with Crippen molar-refractivity contribution in [1.29, 1.82) is 0 Å². The van der Waals surface area contributed by atoms with Crippen LogP contribution in [0.1, 0.15) is 25.3 Å².